The van der Waals surface area contributed by atoms with Crippen molar-refractivity contribution in [3.8, 4) is 0 Å². The van der Waals surface area contributed by atoms with Crippen molar-refractivity contribution in [3.05, 3.63) is 0 Å². The van der Waals surface area contributed by atoms with E-state index in [1.54, 1.807) is 0 Å². The van der Waals surface area contributed by atoms with Crippen LogP contribution in [0.15, 0.2) is 0 Å². The lowest BCUT2D eigenvalue weighted by atomic mass is 10.1. The number of hydrogen-bond donors (Lipinski definition) is 0. The summed E-state index contributed by atoms with van der Waals surface area (Å²) in [4.78, 5) is 11.2. The van der Waals surface area contributed by atoms with E-state index >= 15 is 0 Å². The fraction of sp³-hybridized carbons (Fsp3) is 0.923. The van der Waals surface area contributed by atoms with E-state index in [-0.39, 0.29) is 23.7 Å². The van der Waals surface area contributed by atoms with Crippen LogP contribution in [0.25, 0.3) is 0 Å². The first-order valence-electron chi connectivity index (χ1n) is 6.45. The number of esters is 1. The maximum absolute atomic E-state index is 12.3. The van der Waals surface area contributed by atoms with Gasteiger partial charge in [0, 0.05) is 11.2 Å². The number of thioether (sulfide) groups is 1. The molecule has 0 aliphatic rings. The van der Waals surface area contributed by atoms with Gasteiger partial charge in [0.05, 0.1) is 5.92 Å². The molecule has 0 spiro atoms. The minimum absolute atomic E-state index is 0.0838. The minimum Gasteiger partial charge on any atom is -0.464 e. The smallest absolute Gasteiger partial charge is 0.391 e. The zero-order valence-electron chi connectivity index (χ0n) is 12.0. The van der Waals surface area contributed by atoms with Crippen LogP contribution in [0.1, 0.15) is 47.0 Å². The maximum atomic E-state index is 12.3. The molecule has 0 aromatic heterocycles. The first kappa shape index (κ1) is 18.6. The molecule has 0 N–H and O–H groups in total. The Morgan fingerprint density at radius 3 is 2.37 bits per heavy atom. The average Bonchev–Trinajstić information content (AvgIpc) is 2.25. The van der Waals surface area contributed by atoms with Gasteiger partial charge < -0.3 is 4.74 Å². The molecule has 0 saturated carbocycles. The Kier molecular flexibility index (Phi) is 7.86. The topological polar surface area (TPSA) is 26.3 Å². The van der Waals surface area contributed by atoms with Crippen LogP contribution >= 0.6 is 11.8 Å². The van der Waals surface area contributed by atoms with E-state index in [2.05, 4.69) is 0 Å². The maximum Gasteiger partial charge on any atom is 0.391 e. The summed E-state index contributed by atoms with van der Waals surface area (Å²) >= 11 is 1.41. The van der Waals surface area contributed by atoms with Gasteiger partial charge in [0.2, 0.25) is 0 Å². The summed E-state index contributed by atoms with van der Waals surface area (Å²) < 4.78 is 41.7. The van der Waals surface area contributed by atoms with Crippen molar-refractivity contribution in [1.29, 1.82) is 0 Å². The van der Waals surface area contributed by atoms with E-state index < -0.39 is 12.1 Å². The van der Waals surface area contributed by atoms with Crippen molar-refractivity contribution in [3.63, 3.8) is 0 Å². The van der Waals surface area contributed by atoms with E-state index in [4.69, 9.17) is 4.74 Å². The van der Waals surface area contributed by atoms with Gasteiger partial charge in [-0.2, -0.15) is 24.9 Å². The van der Waals surface area contributed by atoms with E-state index in [1.165, 1.54) is 18.7 Å². The highest BCUT2D eigenvalue weighted by molar-refractivity contribution is 8.00. The predicted octanol–water partition coefficient (Wildman–Crippen LogP) is 4.43. The predicted molar refractivity (Wildman–Crippen MR) is 72.2 cm³/mol. The lowest BCUT2D eigenvalue weighted by Gasteiger charge is -2.24. The van der Waals surface area contributed by atoms with Crippen molar-refractivity contribution in [1.82, 2.24) is 0 Å². The first-order valence-corrected chi connectivity index (χ1v) is 7.43. The number of carbonyl (C=O) groups is 1. The molecule has 0 aliphatic heterocycles. The van der Waals surface area contributed by atoms with Gasteiger partial charge in [0.1, 0.15) is 6.61 Å². The van der Waals surface area contributed by atoms with Gasteiger partial charge in [0.15, 0.2) is 0 Å². The Hall–Kier alpha value is -0.390. The van der Waals surface area contributed by atoms with Crippen molar-refractivity contribution in [2.45, 2.75) is 57.9 Å². The second-order valence-corrected chi connectivity index (χ2v) is 7.05. The quantitative estimate of drug-likeness (QED) is 0.620. The Labute approximate surface area is 117 Å². The number of carbonyl (C=O) groups excluding carboxylic acids is 1. The van der Waals surface area contributed by atoms with Crippen LogP contribution in [0.2, 0.25) is 0 Å². The molecule has 2 nitrogen and oxygen atoms in total. The third-order valence-electron chi connectivity index (χ3n) is 2.64. The molecule has 0 fully saturated rings. The van der Waals surface area contributed by atoms with Crippen molar-refractivity contribution < 1.29 is 22.7 Å². The Balaban J connectivity index is 3.94. The fourth-order valence-electron chi connectivity index (χ4n) is 1.25. The zero-order valence-corrected chi connectivity index (χ0v) is 12.8. The molecule has 0 aromatic rings. The molecular weight excluding hydrogens is 277 g/mol. The first-order chi connectivity index (χ1) is 8.58. The van der Waals surface area contributed by atoms with Crippen molar-refractivity contribution in [2.75, 3.05) is 12.4 Å². The summed E-state index contributed by atoms with van der Waals surface area (Å²) in [5.74, 6) is -1.14. The van der Waals surface area contributed by atoms with Gasteiger partial charge in [-0.1, -0.05) is 13.8 Å². The molecule has 6 heteroatoms. The van der Waals surface area contributed by atoms with Gasteiger partial charge >= 0.3 is 12.1 Å². The molecule has 19 heavy (non-hydrogen) atoms. The third-order valence-corrected chi connectivity index (χ3v) is 3.98. The molecular formula is C13H23F3O2S. The van der Waals surface area contributed by atoms with Gasteiger partial charge in [-0.15, -0.1) is 0 Å². The van der Waals surface area contributed by atoms with Gasteiger partial charge in [-0.25, -0.2) is 0 Å². The SMILES string of the molecule is CCCC(=O)OCC(C)(C)SCCC(C)C(F)(F)F. The highest BCUT2D eigenvalue weighted by Gasteiger charge is 2.35. The van der Waals surface area contributed by atoms with Crippen LogP contribution < -0.4 is 0 Å². The number of hydrogen-bond acceptors (Lipinski definition) is 3. The van der Waals surface area contributed by atoms with E-state index in [9.17, 15) is 18.0 Å². The highest BCUT2D eigenvalue weighted by Crippen LogP contribution is 2.32. The molecule has 0 heterocycles. The molecule has 0 rings (SSSR count). The molecule has 0 aliphatic carbocycles. The van der Waals surface area contributed by atoms with E-state index in [0.29, 0.717) is 12.2 Å². The average molecular weight is 300 g/mol. The van der Waals surface area contributed by atoms with Crippen LogP contribution in [-0.2, 0) is 9.53 Å². The Morgan fingerprint density at radius 2 is 1.89 bits per heavy atom. The number of rotatable bonds is 8. The minimum atomic E-state index is -4.13. The molecule has 0 radical (unpaired) electrons. The van der Waals surface area contributed by atoms with Gasteiger partial charge in [0.25, 0.3) is 0 Å². The van der Waals surface area contributed by atoms with E-state index in [0.717, 1.165) is 6.42 Å². The van der Waals surface area contributed by atoms with Crippen molar-refractivity contribution in [2.24, 2.45) is 5.92 Å². The third kappa shape index (κ3) is 9.19. The Bertz CT molecular complexity index is 278. The fourth-order valence-corrected chi connectivity index (χ4v) is 2.41. The van der Waals surface area contributed by atoms with Crippen LogP contribution in [-0.4, -0.2) is 29.3 Å². The molecule has 114 valence electrons. The molecule has 0 bridgehead atoms. The summed E-state index contributed by atoms with van der Waals surface area (Å²) in [6.07, 6.45) is -2.93. The van der Waals surface area contributed by atoms with Gasteiger partial charge in [-0.05, 0) is 32.4 Å². The highest BCUT2D eigenvalue weighted by atomic mass is 32.2. The Morgan fingerprint density at radius 1 is 1.32 bits per heavy atom. The normalized spacial score (nSPS) is 14.3. The molecule has 1 unspecified atom stereocenters. The molecule has 0 aromatic carbocycles. The van der Waals surface area contributed by atoms with Crippen LogP contribution in [0.4, 0.5) is 13.2 Å². The monoisotopic (exact) mass is 300 g/mol. The zero-order chi connectivity index (χ0) is 15.1. The summed E-state index contributed by atoms with van der Waals surface area (Å²) in [5, 5.41) is 0. The lowest BCUT2D eigenvalue weighted by Crippen LogP contribution is -2.26. The van der Waals surface area contributed by atoms with Crippen LogP contribution in [0.5, 0.6) is 0 Å². The van der Waals surface area contributed by atoms with Gasteiger partial charge in [-0.3, -0.25) is 4.79 Å². The number of ether oxygens (including phenoxy) is 1. The summed E-state index contributed by atoms with van der Waals surface area (Å²) in [6, 6.07) is 0. The number of halogens is 3. The largest absolute Gasteiger partial charge is 0.464 e. The van der Waals surface area contributed by atoms with Crippen molar-refractivity contribution >= 4 is 17.7 Å². The van der Waals surface area contributed by atoms with Crippen LogP contribution in [0, 0.1) is 5.92 Å². The standard InChI is InChI=1S/C13H23F3O2S/c1-5-6-11(17)18-9-12(3,4)19-8-7-10(2)13(14,15)16/h10H,5-9H2,1-4H3. The van der Waals surface area contributed by atoms with Crippen LogP contribution in [0.3, 0.4) is 0 Å². The van der Waals surface area contributed by atoms with E-state index in [1.807, 2.05) is 20.8 Å². The second-order valence-electron chi connectivity index (χ2n) is 5.25. The molecule has 0 amide bonds. The summed E-state index contributed by atoms with van der Waals surface area (Å²) in [7, 11) is 0. The lowest BCUT2D eigenvalue weighted by molar-refractivity contribution is -0.169. The number of alkyl halides is 3. The molecule has 0 saturated heterocycles. The second kappa shape index (κ2) is 8.02. The summed E-state index contributed by atoms with van der Waals surface area (Å²) in [6.45, 7) is 7.05. The molecule has 1 atom stereocenters. The summed E-state index contributed by atoms with van der Waals surface area (Å²) in [5.41, 5.74) is 0.